The summed E-state index contributed by atoms with van der Waals surface area (Å²) in [5, 5.41) is 5.91. The first-order valence-electron chi connectivity index (χ1n) is 9.10. The molecule has 2 aliphatic heterocycles. The van der Waals surface area contributed by atoms with E-state index in [4.69, 9.17) is 0 Å². The normalized spacial score (nSPS) is 26.3. The Labute approximate surface area is 149 Å². The number of hydrogen-bond donors (Lipinski definition) is 2. The first kappa shape index (κ1) is 17.6. The van der Waals surface area contributed by atoms with Gasteiger partial charge in [0.05, 0.1) is 29.5 Å². The van der Waals surface area contributed by atoms with Crippen molar-refractivity contribution in [2.24, 2.45) is 7.05 Å². The van der Waals surface area contributed by atoms with Crippen molar-refractivity contribution in [3.8, 4) is 0 Å². The van der Waals surface area contributed by atoms with Crippen LogP contribution in [0, 0.1) is 5.82 Å². The zero-order valence-corrected chi connectivity index (χ0v) is 14.7. The van der Waals surface area contributed by atoms with E-state index in [2.05, 4.69) is 10.6 Å². The molecule has 2 atom stereocenters. The van der Waals surface area contributed by atoms with Crippen LogP contribution in [0.4, 0.5) is 13.2 Å². The summed E-state index contributed by atoms with van der Waals surface area (Å²) in [5.74, 6) is -4.85. The minimum absolute atomic E-state index is 0.00137. The molecule has 2 unspecified atom stereocenters. The number of nitrogens with one attached hydrogen (secondary N) is 2. The van der Waals surface area contributed by atoms with Gasteiger partial charge >= 0.3 is 5.69 Å². The molecule has 0 saturated carbocycles. The number of rotatable bonds is 2. The monoisotopic (exact) mass is 368 g/mol. The third kappa shape index (κ3) is 2.75. The van der Waals surface area contributed by atoms with E-state index in [1.54, 1.807) is 11.6 Å². The fourth-order valence-corrected chi connectivity index (χ4v) is 4.29. The van der Waals surface area contributed by atoms with Gasteiger partial charge in [-0.2, -0.15) is 0 Å². The second-order valence-corrected chi connectivity index (χ2v) is 7.35. The molecule has 2 saturated heterocycles. The molecule has 0 spiro atoms. The lowest BCUT2D eigenvalue weighted by Gasteiger charge is -2.32. The van der Waals surface area contributed by atoms with Gasteiger partial charge in [0.2, 0.25) is 0 Å². The Balaban J connectivity index is 1.85. The van der Waals surface area contributed by atoms with E-state index < -0.39 is 24.2 Å². The summed E-state index contributed by atoms with van der Waals surface area (Å²) in [4.78, 5) is 12.7. The number of benzene rings is 1. The molecule has 0 amide bonds. The molecule has 3 heterocycles. The molecule has 5 nitrogen and oxygen atoms in total. The highest BCUT2D eigenvalue weighted by atomic mass is 19.3. The first-order chi connectivity index (χ1) is 12.4. The van der Waals surface area contributed by atoms with Crippen molar-refractivity contribution < 1.29 is 13.2 Å². The van der Waals surface area contributed by atoms with Crippen molar-refractivity contribution in [3.05, 3.63) is 34.0 Å². The predicted molar refractivity (Wildman–Crippen MR) is 93.5 cm³/mol. The first-order valence-corrected chi connectivity index (χ1v) is 9.10. The number of alkyl halides is 2. The maximum absolute atomic E-state index is 14.8. The number of piperidine rings is 2. The van der Waals surface area contributed by atoms with Gasteiger partial charge in [-0.3, -0.25) is 9.13 Å². The average Bonchev–Trinajstić information content (AvgIpc) is 2.85. The van der Waals surface area contributed by atoms with Crippen LogP contribution >= 0.6 is 0 Å². The molecule has 4 rings (SSSR count). The Morgan fingerprint density at radius 1 is 1.15 bits per heavy atom. The zero-order valence-electron chi connectivity index (χ0n) is 14.7. The molecule has 0 radical (unpaired) electrons. The maximum atomic E-state index is 14.8. The average molecular weight is 368 g/mol. The Bertz CT molecular complexity index is 883. The molecule has 142 valence electrons. The molecule has 8 heteroatoms. The van der Waals surface area contributed by atoms with E-state index in [0.29, 0.717) is 24.1 Å². The van der Waals surface area contributed by atoms with Crippen LogP contribution < -0.4 is 16.3 Å². The van der Waals surface area contributed by atoms with Gasteiger partial charge in [0, 0.05) is 19.7 Å². The molecule has 1 aromatic heterocycles. The van der Waals surface area contributed by atoms with Gasteiger partial charge in [-0.05, 0) is 44.0 Å². The van der Waals surface area contributed by atoms with Crippen molar-refractivity contribution in [2.75, 3.05) is 26.2 Å². The van der Waals surface area contributed by atoms with E-state index in [0.717, 1.165) is 19.4 Å². The van der Waals surface area contributed by atoms with Crippen LogP contribution in [0.25, 0.3) is 11.0 Å². The van der Waals surface area contributed by atoms with Crippen molar-refractivity contribution in [2.45, 2.75) is 37.1 Å². The minimum atomic E-state index is -3.01. The molecule has 1 aromatic carbocycles. The SMILES string of the molecule is Cn1c(=O)n(C2CCCNC2)c2cc(F)c(C3CCNCC3(F)F)cc21. The fraction of sp³-hybridized carbons (Fsp3) is 0.611. The highest BCUT2D eigenvalue weighted by Gasteiger charge is 2.43. The Kier molecular flexibility index (Phi) is 4.35. The van der Waals surface area contributed by atoms with Gasteiger partial charge < -0.3 is 10.6 Å². The summed E-state index contributed by atoms with van der Waals surface area (Å²) in [6, 6.07) is 2.66. The molecule has 0 aliphatic carbocycles. The molecule has 2 aromatic rings. The lowest BCUT2D eigenvalue weighted by molar-refractivity contribution is -0.0429. The molecule has 2 N–H and O–H groups in total. The highest BCUT2D eigenvalue weighted by molar-refractivity contribution is 5.77. The summed E-state index contributed by atoms with van der Waals surface area (Å²) in [6.07, 6.45) is 1.94. The van der Waals surface area contributed by atoms with Crippen LogP contribution in [0.5, 0.6) is 0 Å². The van der Waals surface area contributed by atoms with Crippen LogP contribution in [0.15, 0.2) is 16.9 Å². The van der Waals surface area contributed by atoms with Gasteiger partial charge in [-0.1, -0.05) is 0 Å². The zero-order chi connectivity index (χ0) is 18.5. The summed E-state index contributed by atoms with van der Waals surface area (Å²) < 4.78 is 46.5. The molecule has 2 fully saturated rings. The second kappa shape index (κ2) is 6.42. The molecule has 2 aliphatic rings. The lowest BCUT2D eigenvalue weighted by atomic mass is 9.86. The Morgan fingerprint density at radius 3 is 2.65 bits per heavy atom. The molecular weight excluding hydrogens is 345 g/mol. The molecule has 0 bridgehead atoms. The van der Waals surface area contributed by atoms with E-state index in [9.17, 15) is 18.0 Å². The number of hydrogen-bond acceptors (Lipinski definition) is 3. The van der Waals surface area contributed by atoms with Gasteiger partial charge in [0.25, 0.3) is 5.92 Å². The van der Waals surface area contributed by atoms with Crippen LogP contribution in [-0.4, -0.2) is 41.2 Å². The Hall–Kier alpha value is -1.80. The van der Waals surface area contributed by atoms with Crippen LogP contribution in [0.3, 0.4) is 0 Å². The summed E-state index contributed by atoms with van der Waals surface area (Å²) >= 11 is 0. The Morgan fingerprint density at radius 2 is 1.96 bits per heavy atom. The smallest absolute Gasteiger partial charge is 0.315 e. The number of fused-ring (bicyclic) bond motifs is 1. The quantitative estimate of drug-likeness (QED) is 0.854. The van der Waals surface area contributed by atoms with Gasteiger partial charge in [0.15, 0.2) is 0 Å². The third-order valence-corrected chi connectivity index (χ3v) is 5.70. The van der Waals surface area contributed by atoms with Crippen LogP contribution in [0.1, 0.15) is 36.8 Å². The van der Waals surface area contributed by atoms with Crippen molar-refractivity contribution in [3.63, 3.8) is 0 Å². The second-order valence-electron chi connectivity index (χ2n) is 7.35. The number of imidazole rings is 1. The van der Waals surface area contributed by atoms with Crippen molar-refractivity contribution >= 4 is 11.0 Å². The number of aryl methyl sites for hydroxylation is 1. The van der Waals surface area contributed by atoms with E-state index in [1.165, 1.54) is 16.7 Å². The number of halogens is 3. The minimum Gasteiger partial charge on any atom is -0.315 e. The summed E-state index contributed by atoms with van der Waals surface area (Å²) in [6.45, 7) is 1.52. The van der Waals surface area contributed by atoms with Crippen LogP contribution in [0.2, 0.25) is 0 Å². The number of aromatic nitrogens is 2. The van der Waals surface area contributed by atoms with Crippen molar-refractivity contribution in [1.29, 1.82) is 0 Å². The van der Waals surface area contributed by atoms with Crippen molar-refractivity contribution in [1.82, 2.24) is 19.8 Å². The number of nitrogens with zero attached hydrogens (tertiary/aromatic N) is 2. The lowest BCUT2D eigenvalue weighted by Crippen LogP contribution is -2.44. The standard InChI is InChI=1S/C18H23F3N4O/c1-24-15-7-12(13-4-6-23-10-18(13,20)21)14(19)8-16(15)25(17(24)26)11-3-2-5-22-9-11/h7-8,11,13,22-23H,2-6,9-10H2,1H3. The van der Waals surface area contributed by atoms with Crippen LogP contribution in [-0.2, 0) is 7.05 Å². The predicted octanol–water partition coefficient (Wildman–Crippen LogP) is 2.12. The molecular formula is C18H23F3N4O. The van der Waals surface area contributed by atoms with Gasteiger partial charge in [0.1, 0.15) is 5.82 Å². The third-order valence-electron chi connectivity index (χ3n) is 5.70. The fourth-order valence-electron chi connectivity index (χ4n) is 4.29. The van der Waals surface area contributed by atoms with E-state index in [1.807, 2.05) is 0 Å². The van der Waals surface area contributed by atoms with E-state index >= 15 is 0 Å². The van der Waals surface area contributed by atoms with Gasteiger partial charge in [-0.25, -0.2) is 18.0 Å². The highest BCUT2D eigenvalue weighted by Crippen LogP contribution is 2.40. The topological polar surface area (TPSA) is 51.0 Å². The van der Waals surface area contributed by atoms with Gasteiger partial charge in [-0.15, -0.1) is 0 Å². The largest absolute Gasteiger partial charge is 0.329 e. The summed E-state index contributed by atoms with van der Waals surface area (Å²) in [7, 11) is 1.61. The molecule has 26 heavy (non-hydrogen) atoms. The summed E-state index contributed by atoms with van der Waals surface area (Å²) in [5.41, 5.74) is 0.747. The van der Waals surface area contributed by atoms with E-state index in [-0.39, 0.29) is 23.7 Å². The maximum Gasteiger partial charge on any atom is 0.329 e.